The largest absolute Gasteiger partial charge is 0.493 e. The summed E-state index contributed by atoms with van der Waals surface area (Å²) in [5.41, 5.74) is 4.83. The topological polar surface area (TPSA) is 26.5 Å². The number of hydrogen-bond donors (Lipinski definition) is 0. The van der Waals surface area contributed by atoms with Gasteiger partial charge in [-0.2, -0.15) is 0 Å². The smallest absolute Gasteiger partial charge is 0.140 e. The fourth-order valence-electron chi connectivity index (χ4n) is 2.60. The number of para-hydroxylation sites is 1. The van der Waals surface area contributed by atoms with E-state index in [0.29, 0.717) is 12.5 Å². The molecule has 0 amide bonds. The lowest BCUT2D eigenvalue weighted by molar-refractivity contribution is 0.341. The monoisotopic (exact) mass is 378 g/mol. The zero-order valence-corrected chi connectivity index (χ0v) is 14.8. The highest BCUT2D eigenvalue weighted by Crippen LogP contribution is 2.34. The SMILES string of the molecule is CCOc1ccccc1-c1nc2c(C)cc(Br)cn2c1CCl. The molecule has 0 atom stereocenters. The molecule has 0 radical (unpaired) electrons. The molecule has 0 aliphatic carbocycles. The Morgan fingerprint density at radius 2 is 2.09 bits per heavy atom. The van der Waals surface area contributed by atoms with Gasteiger partial charge in [0.1, 0.15) is 11.4 Å². The molecule has 22 heavy (non-hydrogen) atoms. The molecule has 0 saturated heterocycles. The minimum atomic E-state index is 0.382. The van der Waals surface area contributed by atoms with E-state index < -0.39 is 0 Å². The molecule has 2 aromatic heterocycles. The molecular formula is C17H16BrClN2O. The molecule has 0 spiro atoms. The summed E-state index contributed by atoms with van der Waals surface area (Å²) in [4.78, 5) is 4.81. The van der Waals surface area contributed by atoms with E-state index in [1.807, 2.05) is 48.7 Å². The summed E-state index contributed by atoms with van der Waals surface area (Å²) in [6.07, 6.45) is 2.00. The van der Waals surface area contributed by atoms with Crippen LogP contribution in [-0.4, -0.2) is 16.0 Å². The van der Waals surface area contributed by atoms with Crippen LogP contribution in [0.15, 0.2) is 41.0 Å². The normalized spacial score (nSPS) is 11.1. The number of rotatable bonds is 4. The van der Waals surface area contributed by atoms with Crippen molar-refractivity contribution in [1.29, 1.82) is 0 Å². The quantitative estimate of drug-likeness (QED) is 0.582. The highest BCUT2D eigenvalue weighted by Gasteiger charge is 2.18. The molecule has 0 fully saturated rings. The molecule has 0 bridgehead atoms. The van der Waals surface area contributed by atoms with Gasteiger partial charge >= 0.3 is 0 Å². The molecule has 0 aliphatic rings. The second-order valence-electron chi connectivity index (χ2n) is 5.00. The number of nitrogens with zero attached hydrogens (tertiary/aromatic N) is 2. The van der Waals surface area contributed by atoms with Crippen molar-refractivity contribution in [1.82, 2.24) is 9.38 Å². The number of ether oxygens (including phenoxy) is 1. The lowest BCUT2D eigenvalue weighted by atomic mass is 10.1. The van der Waals surface area contributed by atoms with Gasteiger partial charge in [0.2, 0.25) is 0 Å². The third-order valence-corrected chi connectivity index (χ3v) is 4.22. The molecule has 3 aromatic rings. The molecule has 114 valence electrons. The fraction of sp³-hybridized carbons (Fsp3) is 0.235. The van der Waals surface area contributed by atoms with Crippen molar-refractivity contribution in [3.63, 3.8) is 0 Å². The number of halogens is 2. The van der Waals surface area contributed by atoms with Gasteiger partial charge in [0.05, 0.1) is 23.9 Å². The van der Waals surface area contributed by atoms with Gasteiger partial charge < -0.3 is 9.14 Å². The van der Waals surface area contributed by atoms with Gasteiger partial charge in [-0.05, 0) is 53.5 Å². The molecule has 5 heteroatoms. The molecule has 1 aromatic carbocycles. The predicted octanol–water partition coefficient (Wildman–Crippen LogP) is 5.21. The summed E-state index contributed by atoms with van der Waals surface area (Å²) in [5, 5.41) is 0. The van der Waals surface area contributed by atoms with Crippen LogP contribution >= 0.6 is 27.5 Å². The van der Waals surface area contributed by atoms with Gasteiger partial charge in [0.15, 0.2) is 0 Å². The Labute approximate surface area is 143 Å². The highest BCUT2D eigenvalue weighted by molar-refractivity contribution is 9.10. The summed E-state index contributed by atoms with van der Waals surface area (Å²) in [7, 11) is 0. The van der Waals surface area contributed by atoms with Crippen LogP contribution in [0.4, 0.5) is 0 Å². The van der Waals surface area contributed by atoms with Crippen molar-refractivity contribution in [2.75, 3.05) is 6.61 Å². The lowest BCUT2D eigenvalue weighted by Gasteiger charge is -2.09. The van der Waals surface area contributed by atoms with Gasteiger partial charge in [-0.25, -0.2) is 4.98 Å². The standard InChI is InChI=1S/C17H16BrClN2O/c1-3-22-15-7-5-4-6-13(15)16-14(9-19)21-10-12(18)8-11(2)17(21)20-16/h4-8,10H,3,9H2,1-2H3. The second-order valence-corrected chi connectivity index (χ2v) is 6.19. The summed E-state index contributed by atoms with van der Waals surface area (Å²) in [5.74, 6) is 1.21. The van der Waals surface area contributed by atoms with E-state index in [0.717, 1.165) is 38.4 Å². The summed E-state index contributed by atoms with van der Waals surface area (Å²) in [6, 6.07) is 9.99. The van der Waals surface area contributed by atoms with Crippen LogP contribution < -0.4 is 4.74 Å². The Kier molecular flexibility index (Phi) is 4.41. The van der Waals surface area contributed by atoms with Gasteiger partial charge in [-0.1, -0.05) is 12.1 Å². The number of imidazole rings is 1. The zero-order valence-electron chi connectivity index (χ0n) is 12.4. The minimum absolute atomic E-state index is 0.382. The number of aryl methyl sites for hydroxylation is 1. The Bertz CT molecular complexity index is 829. The number of benzene rings is 1. The van der Waals surface area contributed by atoms with E-state index in [9.17, 15) is 0 Å². The molecule has 0 saturated carbocycles. The molecular weight excluding hydrogens is 364 g/mol. The number of hydrogen-bond acceptors (Lipinski definition) is 2. The van der Waals surface area contributed by atoms with Crippen molar-refractivity contribution in [3.05, 3.63) is 52.3 Å². The molecule has 2 heterocycles. The van der Waals surface area contributed by atoms with E-state index in [1.165, 1.54) is 0 Å². The molecule has 3 nitrogen and oxygen atoms in total. The van der Waals surface area contributed by atoms with E-state index in [4.69, 9.17) is 21.3 Å². The van der Waals surface area contributed by atoms with E-state index in [2.05, 4.69) is 22.0 Å². The van der Waals surface area contributed by atoms with Crippen LogP contribution in [0.1, 0.15) is 18.2 Å². The first-order chi connectivity index (χ1) is 10.7. The number of pyridine rings is 1. The van der Waals surface area contributed by atoms with E-state index >= 15 is 0 Å². The first-order valence-corrected chi connectivity index (χ1v) is 8.43. The number of fused-ring (bicyclic) bond motifs is 1. The Balaban J connectivity index is 2.30. The van der Waals surface area contributed by atoms with E-state index in [1.54, 1.807) is 0 Å². The minimum Gasteiger partial charge on any atom is -0.493 e. The Morgan fingerprint density at radius 3 is 2.82 bits per heavy atom. The van der Waals surface area contributed by atoms with Crippen molar-refractivity contribution < 1.29 is 4.74 Å². The predicted molar refractivity (Wildman–Crippen MR) is 93.8 cm³/mol. The van der Waals surface area contributed by atoms with Crippen LogP contribution in [0.25, 0.3) is 16.9 Å². The maximum atomic E-state index is 6.22. The van der Waals surface area contributed by atoms with Gasteiger partial charge in [-0.3, -0.25) is 0 Å². The van der Waals surface area contributed by atoms with E-state index in [-0.39, 0.29) is 0 Å². The second kappa shape index (κ2) is 6.31. The third kappa shape index (κ3) is 2.61. The zero-order chi connectivity index (χ0) is 15.7. The maximum Gasteiger partial charge on any atom is 0.140 e. The van der Waals surface area contributed by atoms with Crippen molar-refractivity contribution in [3.8, 4) is 17.0 Å². The van der Waals surface area contributed by atoms with Crippen molar-refractivity contribution >= 4 is 33.2 Å². The Morgan fingerprint density at radius 1 is 1.32 bits per heavy atom. The van der Waals surface area contributed by atoms with Crippen molar-refractivity contribution in [2.45, 2.75) is 19.7 Å². The molecule has 0 unspecified atom stereocenters. The lowest BCUT2D eigenvalue weighted by Crippen LogP contribution is -1.96. The third-order valence-electron chi connectivity index (χ3n) is 3.54. The van der Waals surface area contributed by atoms with Crippen LogP contribution in [0.3, 0.4) is 0 Å². The number of alkyl halides is 1. The molecule has 0 aliphatic heterocycles. The molecule has 3 rings (SSSR count). The average Bonchev–Trinajstić information content (AvgIpc) is 2.86. The van der Waals surface area contributed by atoms with Crippen LogP contribution in [0, 0.1) is 6.92 Å². The summed E-state index contributed by atoms with van der Waals surface area (Å²) in [6.45, 7) is 4.64. The van der Waals surface area contributed by atoms with Crippen LogP contribution in [0.2, 0.25) is 0 Å². The Hall–Kier alpha value is -1.52. The first-order valence-electron chi connectivity index (χ1n) is 7.11. The first kappa shape index (κ1) is 15.4. The highest BCUT2D eigenvalue weighted by atomic mass is 79.9. The average molecular weight is 380 g/mol. The van der Waals surface area contributed by atoms with Crippen LogP contribution in [0.5, 0.6) is 5.75 Å². The molecule has 0 N–H and O–H groups in total. The fourth-order valence-corrected chi connectivity index (χ4v) is 3.41. The van der Waals surface area contributed by atoms with Gasteiger partial charge in [0, 0.05) is 16.2 Å². The van der Waals surface area contributed by atoms with Gasteiger partial charge in [0.25, 0.3) is 0 Å². The van der Waals surface area contributed by atoms with Crippen LogP contribution in [-0.2, 0) is 5.88 Å². The summed E-state index contributed by atoms with van der Waals surface area (Å²) < 4.78 is 8.79. The summed E-state index contributed by atoms with van der Waals surface area (Å²) >= 11 is 9.75. The van der Waals surface area contributed by atoms with Crippen molar-refractivity contribution in [2.24, 2.45) is 0 Å². The van der Waals surface area contributed by atoms with Gasteiger partial charge in [-0.15, -0.1) is 11.6 Å². The number of aromatic nitrogens is 2. The maximum absolute atomic E-state index is 6.22.